The van der Waals surface area contributed by atoms with Crippen LogP contribution in [0.5, 0.6) is 11.5 Å². The molecule has 1 fully saturated rings. The van der Waals surface area contributed by atoms with Gasteiger partial charge in [0.05, 0.1) is 26.1 Å². The highest BCUT2D eigenvalue weighted by Gasteiger charge is 2.28. The topological polar surface area (TPSA) is 77.7 Å². The number of benzene rings is 2. The zero-order chi connectivity index (χ0) is 22.5. The summed E-state index contributed by atoms with van der Waals surface area (Å²) in [5.41, 5.74) is 1.77. The molecule has 32 heavy (non-hydrogen) atoms. The van der Waals surface area contributed by atoms with Crippen LogP contribution in [0.25, 0.3) is 11.4 Å². The predicted octanol–water partition coefficient (Wildman–Crippen LogP) is 4.37. The number of amides is 1. The van der Waals surface area contributed by atoms with E-state index in [4.69, 9.17) is 14.0 Å². The van der Waals surface area contributed by atoms with Gasteiger partial charge >= 0.3 is 0 Å². The fourth-order valence-corrected chi connectivity index (χ4v) is 3.82. The molecule has 2 heterocycles. The standard InChI is InChI=1S/C24H26FN3O4/c1-16-5-10-20(21(14-16)30-2)31-13-11-22(29)28-12-3-4-18(15-28)24-26-23(27-32-24)17-6-8-19(25)9-7-17/h5-10,14,18H,3-4,11-13,15H2,1-2H3. The average Bonchev–Trinajstić information content (AvgIpc) is 3.31. The first-order valence-electron chi connectivity index (χ1n) is 10.7. The highest BCUT2D eigenvalue weighted by atomic mass is 19.1. The van der Waals surface area contributed by atoms with Crippen LogP contribution in [0.2, 0.25) is 0 Å². The zero-order valence-corrected chi connectivity index (χ0v) is 18.2. The van der Waals surface area contributed by atoms with Crippen LogP contribution in [0.1, 0.15) is 36.6 Å². The number of aromatic nitrogens is 2. The van der Waals surface area contributed by atoms with Gasteiger partial charge in [-0.2, -0.15) is 4.98 Å². The van der Waals surface area contributed by atoms with Crippen molar-refractivity contribution < 1.29 is 23.2 Å². The number of methoxy groups -OCH3 is 1. The lowest BCUT2D eigenvalue weighted by Crippen LogP contribution is -2.39. The van der Waals surface area contributed by atoms with E-state index in [0.717, 1.165) is 18.4 Å². The number of carbonyl (C=O) groups is 1. The van der Waals surface area contributed by atoms with Crippen molar-refractivity contribution in [2.45, 2.75) is 32.1 Å². The van der Waals surface area contributed by atoms with E-state index in [0.29, 0.717) is 41.9 Å². The Morgan fingerprint density at radius 3 is 2.81 bits per heavy atom. The van der Waals surface area contributed by atoms with Crippen LogP contribution >= 0.6 is 0 Å². The van der Waals surface area contributed by atoms with Crippen molar-refractivity contribution in [2.75, 3.05) is 26.8 Å². The lowest BCUT2D eigenvalue weighted by Gasteiger charge is -2.31. The van der Waals surface area contributed by atoms with Gasteiger partial charge in [0.25, 0.3) is 0 Å². The molecule has 0 spiro atoms. The van der Waals surface area contributed by atoms with Crippen molar-refractivity contribution in [3.05, 3.63) is 59.7 Å². The molecule has 1 atom stereocenters. The van der Waals surface area contributed by atoms with Crippen LogP contribution in [-0.4, -0.2) is 47.8 Å². The summed E-state index contributed by atoms with van der Waals surface area (Å²) in [4.78, 5) is 19.0. The molecule has 1 unspecified atom stereocenters. The first-order valence-corrected chi connectivity index (χ1v) is 10.7. The molecule has 0 aliphatic carbocycles. The number of ether oxygens (including phenoxy) is 2. The van der Waals surface area contributed by atoms with Crippen molar-refractivity contribution in [1.82, 2.24) is 15.0 Å². The summed E-state index contributed by atoms with van der Waals surface area (Å²) in [7, 11) is 1.60. The fourth-order valence-electron chi connectivity index (χ4n) is 3.82. The Morgan fingerprint density at radius 2 is 2.03 bits per heavy atom. The molecule has 1 aliphatic rings. The summed E-state index contributed by atoms with van der Waals surface area (Å²) < 4.78 is 29.7. The van der Waals surface area contributed by atoms with Gasteiger partial charge in [0, 0.05) is 18.7 Å². The van der Waals surface area contributed by atoms with Gasteiger partial charge in [-0.1, -0.05) is 11.2 Å². The summed E-state index contributed by atoms with van der Waals surface area (Å²) in [5, 5.41) is 4.02. The number of hydrogen-bond donors (Lipinski definition) is 0. The third kappa shape index (κ3) is 5.07. The molecule has 2 aromatic carbocycles. The minimum absolute atomic E-state index is 0.0208. The van der Waals surface area contributed by atoms with E-state index in [9.17, 15) is 9.18 Å². The van der Waals surface area contributed by atoms with Crippen molar-refractivity contribution >= 4 is 5.91 Å². The molecule has 1 aliphatic heterocycles. The van der Waals surface area contributed by atoms with Gasteiger partial charge in [0.1, 0.15) is 5.82 Å². The highest BCUT2D eigenvalue weighted by Crippen LogP contribution is 2.29. The minimum atomic E-state index is -0.316. The maximum Gasteiger partial charge on any atom is 0.231 e. The largest absolute Gasteiger partial charge is 0.493 e. The Morgan fingerprint density at radius 1 is 1.22 bits per heavy atom. The van der Waals surface area contributed by atoms with Gasteiger partial charge in [-0.25, -0.2) is 4.39 Å². The van der Waals surface area contributed by atoms with Crippen molar-refractivity contribution in [3.8, 4) is 22.9 Å². The molecule has 168 valence electrons. The van der Waals surface area contributed by atoms with Crippen LogP contribution in [0.3, 0.4) is 0 Å². The van der Waals surface area contributed by atoms with E-state index in [-0.39, 0.29) is 30.7 Å². The normalized spacial score (nSPS) is 16.1. The third-order valence-electron chi connectivity index (χ3n) is 5.56. The van der Waals surface area contributed by atoms with Crippen LogP contribution in [0.4, 0.5) is 4.39 Å². The number of nitrogens with zero attached hydrogens (tertiary/aromatic N) is 3. The number of carbonyl (C=O) groups excluding carboxylic acids is 1. The first kappa shape index (κ1) is 21.8. The Kier molecular flexibility index (Phi) is 6.68. The lowest BCUT2D eigenvalue weighted by atomic mass is 9.97. The molecular formula is C24H26FN3O4. The number of rotatable bonds is 7. The van der Waals surface area contributed by atoms with Crippen LogP contribution in [0.15, 0.2) is 47.0 Å². The third-order valence-corrected chi connectivity index (χ3v) is 5.56. The molecule has 0 saturated carbocycles. The van der Waals surface area contributed by atoms with Crippen molar-refractivity contribution in [1.29, 1.82) is 0 Å². The maximum atomic E-state index is 13.1. The fraction of sp³-hybridized carbons (Fsp3) is 0.375. The quantitative estimate of drug-likeness (QED) is 0.544. The Balaban J connectivity index is 1.33. The summed E-state index contributed by atoms with van der Waals surface area (Å²) in [6.07, 6.45) is 2.00. The van der Waals surface area contributed by atoms with Crippen LogP contribution in [0, 0.1) is 12.7 Å². The van der Waals surface area contributed by atoms with Crippen molar-refractivity contribution in [3.63, 3.8) is 0 Å². The molecule has 0 bridgehead atoms. The van der Waals surface area contributed by atoms with Gasteiger partial charge in [0.15, 0.2) is 11.5 Å². The number of hydrogen-bond acceptors (Lipinski definition) is 6. The van der Waals surface area contributed by atoms with Gasteiger partial charge in [-0.3, -0.25) is 4.79 Å². The van der Waals surface area contributed by atoms with Crippen LogP contribution < -0.4 is 9.47 Å². The molecule has 7 nitrogen and oxygen atoms in total. The SMILES string of the molecule is COc1cc(C)ccc1OCCC(=O)N1CCCC(c2nc(-c3ccc(F)cc3)no2)C1. The summed E-state index contributed by atoms with van der Waals surface area (Å²) >= 11 is 0. The Labute approximate surface area is 186 Å². The second kappa shape index (κ2) is 9.80. The zero-order valence-electron chi connectivity index (χ0n) is 18.2. The van der Waals surface area contributed by atoms with E-state index in [1.807, 2.05) is 30.0 Å². The molecule has 1 saturated heterocycles. The summed E-state index contributed by atoms with van der Waals surface area (Å²) in [6, 6.07) is 11.6. The van der Waals surface area contributed by atoms with Gasteiger partial charge in [-0.05, 0) is 61.7 Å². The number of piperidine rings is 1. The molecular weight excluding hydrogens is 413 g/mol. The van der Waals surface area contributed by atoms with E-state index in [1.165, 1.54) is 12.1 Å². The first-order chi connectivity index (χ1) is 15.5. The second-order valence-corrected chi connectivity index (χ2v) is 7.89. The number of likely N-dealkylation sites (tertiary alicyclic amines) is 1. The average molecular weight is 439 g/mol. The minimum Gasteiger partial charge on any atom is -0.493 e. The summed E-state index contributed by atoms with van der Waals surface area (Å²) in [6.45, 7) is 3.48. The van der Waals surface area contributed by atoms with Gasteiger partial charge in [0.2, 0.25) is 17.6 Å². The van der Waals surface area contributed by atoms with Gasteiger partial charge in [-0.15, -0.1) is 0 Å². The highest BCUT2D eigenvalue weighted by molar-refractivity contribution is 5.76. The van der Waals surface area contributed by atoms with E-state index >= 15 is 0 Å². The molecule has 1 aromatic heterocycles. The molecule has 0 N–H and O–H groups in total. The molecule has 3 aromatic rings. The predicted molar refractivity (Wildman–Crippen MR) is 116 cm³/mol. The van der Waals surface area contributed by atoms with E-state index in [2.05, 4.69) is 10.1 Å². The summed E-state index contributed by atoms with van der Waals surface area (Å²) in [5.74, 6) is 1.90. The van der Waals surface area contributed by atoms with Crippen molar-refractivity contribution in [2.24, 2.45) is 0 Å². The molecule has 0 radical (unpaired) electrons. The number of halogens is 1. The van der Waals surface area contributed by atoms with Crippen LogP contribution in [-0.2, 0) is 4.79 Å². The maximum absolute atomic E-state index is 13.1. The second-order valence-electron chi connectivity index (χ2n) is 7.89. The van der Waals surface area contributed by atoms with E-state index < -0.39 is 0 Å². The number of aryl methyl sites for hydroxylation is 1. The molecule has 4 rings (SSSR count). The molecule has 1 amide bonds. The Hall–Kier alpha value is -3.42. The Bertz CT molecular complexity index is 1070. The smallest absolute Gasteiger partial charge is 0.231 e. The lowest BCUT2D eigenvalue weighted by molar-refractivity contribution is -0.133. The van der Waals surface area contributed by atoms with Gasteiger partial charge < -0.3 is 18.9 Å². The molecule has 8 heteroatoms. The monoisotopic (exact) mass is 439 g/mol. The van der Waals surface area contributed by atoms with E-state index in [1.54, 1.807) is 19.2 Å².